The molecule has 0 aliphatic rings. The molecule has 0 saturated carbocycles. The number of hydrazone groups is 1. The van der Waals surface area contributed by atoms with E-state index in [0.717, 1.165) is 15.6 Å². The number of hydrogen-bond donors (Lipinski definition) is 1. The standard InChI is InChI=1S/C17H19BrN2O2S/c1-12(2)17(15-6-4-5-7-16(15)18)19-20-23(21,22)14-10-8-13(3)9-11-14/h4-12,20H,1-3H3/b19-17+. The quantitative estimate of drug-likeness (QED) is 0.612. The normalized spacial score (nSPS) is 12.5. The Morgan fingerprint density at radius 1 is 1.09 bits per heavy atom. The third kappa shape index (κ3) is 4.42. The third-order valence-electron chi connectivity index (χ3n) is 3.31. The molecular formula is C17H19BrN2O2S. The Balaban J connectivity index is 2.35. The molecule has 2 rings (SSSR count). The van der Waals surface area contributed by atoms with Crippen molar-refractivity contribution in [1.29, 1.82) is 0 Å². The average molecular weight is 395 g/mol. The van der Waals surface area contributed by atoms with Gasteiger partial charge in [-0.1, -0.05) is 65.7 Å². The largest absolute Gasteiger partial charge is 0.276 e. The Hall–Kier alpha value is -1.66. The summed E-state index contributed by atoms with van der Waals surface area (Å²) in [4.78, 5) is 2.54. The fourth-order valence-corrected chi connectivity index (χ4v) is 3.35. The van der Waals surface area contributed by atoms with Crippen molar-refractivity contribution in [3.8, 4) is 0 Å². The number of rotatable bonds is 5. The number of nitrogens with zero attached hydrogens (tertiary/aromatic N) is 1. The molecular weight excluding hydrogens is 376 g/mol. The van der Waals surface area contributed by atoms with Gasteiger partial charge in [-0.25, -0.2) is 0 Å². The summed E-state index contributed by atoms with van der Waals surface area (Å²) in [5, 5.41) is 4.17. The van der Waals surface area contributed by atoms with Gasteiger partial charge in [-0.3, -0.25) is 0 Å². The van der Waals surface area contributed by atoms with E-state index in [1.165, 1.54) is 0 Å². The molecule has 0 aromatic heterocycles. The Morgan fingerprint density at radius 2 is 1.70 bits per heavy atom. The van der Waals surface area contributed by atoms with E-state index in [1.807, 2.05) is 45.0 Å². The van der Waals surface area contributed by atoms with Gasteiger partial charge in [-0.15, -0.1) is 0 Å². The predicted molar refractivity (Wildman–Crippen MR) is 97.0 cm³/mol. The number of halogens is 1. The molecule has 0 aliphatic heterocycles. The average Bonchev–Trinajstić information content (AvgIpc) is 2.49. The third-order valence-corrected chi connectivity index (χ3v) is 5.23. The molecule has 2 aromatic carbocycles. The first kappa shape index (κ1) is 17.7. The second kappa shape index (κ2) is 7.27. The zero-order valence-corrected chi connectivity index (χ0v) is 15.6. The summed E-state index contributed by atoms with van der Waals surface area (Å²) in [7, 11) is -3.68. The zero-order chi connectivity index (χ0) is 17.0. The number of benzene rings is 2. The Bertz CT molecular complexity index is 813. The van der Waals surface area contributed by atoms with Gasteiger partial charge in [0.1, 0.15) is 0 Å². The molecule has 4 nitrogen and oxygen atoms in total. The molecule has 2 aromatic rings. The molecule has 0 saturated heterocycles. The zero-order valence-electron chi connectivity index (χ0n) is 13.2. The summed E-state index contributed by atoms with van der Waals surface area (Å²) in [5.74, 6) is 0.0643. The van der Waals surface area contributed by atoms with Crippen LogP contribution in [-0.2, 0) is 10.0 Å². The molecule has 0 unspecified atom stereocenters. The van der Waals surface area contributed by atoms with E-state index in [9.17, 15) is 8.42 Å². The molecule has 0 radical (unpaired) electrons. The minimum atomic E-state index is -3.68. The van der Waals surface area contributed by atoms with Crippen molar-refractivity contribution in [2.24, 2.45) is 11.0 Å². The maximum absolute atomic E-state index is 12.4. The van der Waals surface area contributed by atoms with Gasteiger partial charge in [-0.05, 0) is 31.0 Å². The lowest BCUT2D eigenvalue weighted by Gasteiger charge is -2.13. The van der Waals surface area contributed by atoms with Crippen molar-refractivity contribution >= 4 is 31.7 Å². The highest BCUT2D eigenvalue weighted by Gasteiger charge is 2.16. The monoisotopic (exact) mass is 394 g/mol. The number of hydrogen-bond acceptors (Lipinski definition) is 3. The van der Waals surface area contributed by atoms with Crippen LogP contribution in [0.1, 0.15) is 25.0 Å². The SMILES string of the molecule is Cc1ccc(S(=O)(=O)N/N=C(/c2ccccc2Br)C(C)C)cc1. The van der Waals surface area contributed by atoms with Crippen LogP contribution in [-0.4, -0.2) is 14.1 Å². The second-order valence-corrected chi connectivity index (χ2v) is 8.05. The van der Waals surface area contributed by atoms with E-state index < -0.39 is 10.0 Å². The highest BCUT2D eigenvalue weighted by molar-refractivity contribution is 9.10. The van der Waals surface area contributed by atoms with Crippen molar-refractivity contribution in [3.05, 3.63) is 64.1 Å². The Labute approximate surface area is 145 Å². The van der Waals surface area contributed by atoms with Crippen LogP contribution in [0.2, 0.25) is 0 Å². The summed E-state index contributed by atoms with van der Waals surface area (Å²) < 4.78 is 25.6. The van der Waals surface area contributed by atoms with Crippen molar-refractivity contribution in [3.63, 3.8) is 0 Å². The number of aryl methyl sites for hydroxylation is 1. The molecule has 23 heavy (non-hydrogen) atoms. The predicted octanol–water partition coefficient (Wildman–Crippen LogP) is 4.10. The van der Waals surface area contributed by atoms with Gasteiger partial charge < -0.3 is 0 Å². The molecule has 1 N–H and O–H groups in total. The van der Waals surface area contributed by atoms with Gasteiger partial charge in [-0.2, -0.15) is 18.4 Å². The molecule has 0 atom stereocenters. The maximum Gasteiger partial charge on any atom is 0.276 e. The van der Waals surface area contributed by atoms with Gasteiger partial charge in [0.2, 0.25) is 0 Å². The van der Waals surface area contributed by atoms with Gasteiger partial charge in [0, 0.05) is 10.0 Å². The van der Waals surface area contributed by atoms with Crippen LogP contribution in [0.4, 0.5) is 0 Å². The highest BCUT2D eigenvalue weighted by Crippen LogP contribution is 2.20. The summed E-state index contributed by atoms with van der Waals surface area (Å²) >= 11 is 3.48. The summed E-state index contributed by atoms with van der Waals surface area (Å²) in [5.41, 5.74) is 2.55. The Morgan fingerprint density at radius 3 is 2.26 bits per heavy atom. The van der Waals surface area contributed by atoms with Gasteiger partial charge >= 0.3 is 0 Å². The molecule has 6 heteroatoms. The molecule has 0 aliphatic carbocycles. The first-order chi connectivity index (χ1) is 10.8. The smallest absolute Gasteiger partial charge is 0.200 e. The lowest BCUT2D eigenvalue weighted by atomic mass is 10.0. The molecule has 122 valence electrons. The van der Waals surface area contributed by atoms with Crippen molar-refractivity contribution < 1.29 is 8.42 Å². The minimum absolute atomic E-state index is 0.0643. The van der Waals surface area contributed by atoms with Crippen LogP contribution in [0.5, 0.6) is 0 Å². The molecule has 0 spiro atoms. The van der Waals surface area contributed by atoms with E-state index in [2.05, 4.69) is 25.9 Å². The molecule has 0 heterocycles. The lowest BCUT2D eigenvalue weighted by molar-refractivity contribution is 0.584. The van der Waals surface area contributed by atoms with Crippen molar-refractivity contribution in [2.45, 2.75) is 25.7 Å². The van der Waals surface area contributed by atoms with Crippen LogP contribution in [0.25, 0.3) is 0 Å². The van der Waals surface area contributed by atoms with Crippen LogP contribution in [0.3, 0.4) is 0 Å². The first-order valence-electron chi connectivity index (χ1n) is 7.22. The molecule has 0 amide bonds. The fraction of sp³-hybridized carbons (Fsp3) is 0.235. The number of nitrogens with one attached hydrogen (secondary N) is 1. The molecule has 0 bridgehead atoms. The van der Waals surface area contributed by atoms with Gasteiger partial charge in [0.05, 0.1) is 10.6 Å². The van der Waals surface area contributed by atoms with E-state index in [-0.39, 0.29) is 10.8 Å². The van der Waals surface area contributed by atoms with Crippen LogP contribution in [0.15, 0.2) is 63.0 Å². The highest BCUT2D eigenvalue weighted by atomic mass is 79.9. The maximum atomic E-state index is 12.4. The summed E-state index contributed by atoms with van der Waals surface area (Å²) in [6.45, 7) is 5.85. The van der Waals surface area contributed by atoms with Crippen LogP contribution < -0.4 is 4.83 Å². The fourth-order valence-electron chi connectivity index (χ4n) is 2.05. The van der Waals surface area contributed by atoms with Crippen LogP contribution in [0, 0.1) is 12.8 Å². The van der Waals surface area contributed by atoms with E-state index in [4.69, 9.17) is 0 Å². The summed E-state index contributed by atoms with van der Waals surface area (Å²) in [6, 6.07) is 14.3. The lowest BCUT2D eigenvalue weighted by Crippen LogP contribution is -2.22. The van der Waals surface area contributed by atoms with Crippen molar-refractivity contribution in [2.75, 3.05) is 0 Å². The van der Waals surface area contributed by atoms with E-state index in [0.29, 0.717) is 5.71 Å². The second-order valence-electron chi connectivity index (χ2n) is 5.54. The number of sulfonamides is 1. The van der Waals surface area contributed by atoms with Crippen LogP contribution >= 0.6 is 15.9 Å². The van der Waals surface area contributed by atoms with E-state index in [1.54, 1.807) is 24.3 Å². The topological polar surface area (TPSA) is 58.5 Å². The Kier molecular flexibility index (Phi) is 5.59. The van der Waals surface area contributed by atoms with E-state index >= 15 is 0 Å². The summed E-state index contributed by atoms with van der Waals surface area (Å²) in [6.07, 6.45) is 0. The van der Waals surface area contributed by atoms with Gasteiger partial charge in [0.25, 0.3) is 10.0 Å². The molecule has 0 fully saturated rings. The van der Waals surface area contributed by atoms with Crippen molar-refractivity contribution in [1.82, 2.24) is 4.83 Å². The minimum Gasteiger partial charge on any atom is -0.200 e. The van der Waals surface area contributed by atoms with Gasteiger partial charge in [0.15, 0.2) is 0 Å². The first-order valence-corrected chi connectivity index (χ1v) is 9.50.